The molecule has 0 bridgehead atoms. The monoisotopic (exact) mass is 400 g/mol. The first kappa shape index (κ1) is 17.4. The highest BCUT2D eigenvalue weighted by Crippen LogP contribution is 2.40. The molecule has 7 nitrogen and oxygen atoms in total. The highest BCUT2D eigenvalue weighted by atomic mass is 32.1. The Hall–Kier alpha value is -2.75. The van der Waals surface area contributed by atoms with E-state index in [2.05, 4.69) is 15.0 Å². The second-order valence-corrected chi connectivity index (χ2v) is 7.51. The number of aromatic hydroxyl groups is 1. The molecule has 1 aliphatic rings. The number of hydrogen-bond donors (Lipinski definition) is 1. The summed E-state index contributed by atoms with van der Waals surface area (Å²) >= 11 is 1.36. The van der Waals surface area contributed by atoms with E-state index in [-0.39, 0.29) is 17.7 Å². The summed E-state index contributed by atoms with van der Waals surface area (Å²) in [6.45, 7) is 2.66. The maximum Gasteiger partial charge on any atom is 0.230 e. The van der Waals surface area contributed by atoms with E-state index in [1.165, 1.54) is 28.0 Å². The third kappa shape index (κ3) is 2.97. The van der Waals surface area contributed by atoms with Gasteiger partial charge in [-0.25, -0.2) is 4.39 Å². The highest BCUT2D eigenvalue weighted by Gasteiger charge is 2.31. The van der Waals surface area contributed by atoms with E-state index >= 15 is 0 Å². The largest absolute Gasteiger partial charge is 0.492 e. The molecule has 3 aromatic heterocycles. The predicted molar refractivity (Wildman–Crippen MR) is 101 cm³/mol. The summed E-state index contributed by atoms with van der Waals surface area (Å²) in [6.07, 6.45) is 1.55. The van der Waals surface area contributed by atoms with Gasteiger partial charge < -0.3 is 14.3 Å². The molecule has 1 fully saturated rings. The quantitative estimate of drug-likeness (QED) is 0.566. The smallest absolute Gasteiger partial charge is 0.230 e. The molecule has 5 rings (SSSR count). The van der Waals surface area contributed by atoms with Gasteiger partial charge in [0.1, 0.15) is 5.82 Å². The SMILES string of the molecule is Oc1c([C@@H](c2ccc(F)cc2)N2CCOCC2)sc2nc(-c3ccco3)nn12. The van der Waals surface area contributed by atoms with Gasteiger partial charge in [-0.15, -0.1) is 5.10 Å². The maximum absolute atomic E-state index is 13.5. The molecule has 0 spiro atoms. The van der Waals surface area contributed by atoms with Crippen molar-refractivity contribution in [2.75, 3.05) is 26.3 Å². The zero-order valence-corrected chi connectivity index (χ0v) is 15.6. The number of rotatable bonds is 4. The second-order valence-electron chi connectivity index (χ2n) is 6.50. The third-order valence-corrected chi connectivity index (χ3v) is 5.86. The van der Waals surface area contributed by atoms with Gasteiger partial charge in [-0.2, -0.15) is 9.50 Å². The number of aromatic nitrogens is 3. The van der Waals surface area contributed by atoms with Crippen LogP contribution < -0.4 is 0 Å². The lowest BCUT2D eigenvalue weighted by Gasteiger charge is -2.34. The molecule has 4 heterocycles. The fourth-order valence-electron chi connectivity index (χ4n) is 3.45. The van der Waals surface area contributed by atoms with E-state index in [1.807, 2.05) is 0 Å². The number of hydrogen-bond acceptors (Lipinski definition) is 7. The van der Waals surface area contributed by atoms with Crippen LogP contribution in [0.25, 0.3) is 16.5 Å². The maximum atomic E-state index is 13.5. The fraction of sp³-hybridized carbons (Fsp3) is 0.263. The zero-order chi connectivity index (χ0) is 19.1. The van der Waals surface area contributed by atoms with Gasteiger partial charge in [0.25, 0.3) is 0 Å². The Morgan fingerprint density at radius 3 is 2.61 bits per heavy atom. The minimum absolute atomic E-state index is 0.0334. The molecule has 0 radical (unpaired) electrons. The van der Waals surface area contributed by atoms with Crippen LogP contribution in [0.4, 0.5) is 4.39 Å². The molecular formula is C19H17FN4O3S. The average molecular weight is 400 g/mol. The van der Waals surface area contributed by atoms with Gasteiger partial charge in [0.15, 0.2) is 5.76 Å². The molecule has 144 valence electrons. The number of furan rings is 1. The number of ether oxygens (including phenoxy) is 1. The van der Waals surface area contributed by atoms with Crippen molar-refractivity contribution in [3.05, 3.63) is 58.9 Å². The van der Waals surface area contributed by atoms with Crippen molar-refractivity contribution in [2.24, 2.45) is 0 Å². The standard InChI is InChI=1S/C19H17FN4O3S/c20-13-5-3-12(4-6-13)15(23-7-10-26-11-8-23)16-18(25)24-19(28-16)21-17(22-24)14-2-1-9-27-14/h1-6,9,15,25H,7-8,10-11H2/t15-/m1/s1. The minimum atomic E-state index is -0.292. The summed E-state index contributed by atoms with van der Waals surface area (Å²) in [7, 11) is 0. The van der Waals surface area contributed by atoms with Crippen molar-refractivity contribution in [3.8, 4) is 17.5 Å². The summed E-state index contributed by atoms with van der Waals surface area (Å²) in [5.74, 6) is 0.702. The van der Waals surface area contributed by atoms with E-state index < -0.39 is 0 Å². The number of thiazole rings is 1. The van der Waals surface area contributed by atoms with Crippen LogP contribution in [-0.2, 0) is 4.74 Å². The number of nitrogens with zero attached hydrogens (tertiary/aromatic N) is 4. The second kappa shape index (κ2) is 7.01. The number of halogens is 1. The Morgan fingerprint density at radius 1 is 1.14 bits per heavy atom. The number of morpholine rings is 1. The Morgan fingerprint density at radius 2 is 1.93 bits per heavy atom. The first-order chi connectivity index (χ1) is 13.7. The minimum Gasteiger partial charge on any atom is -0.492 e. The molecule has 1 saturated heterocycles. The van der Waals surface area contributed by atoms with E-state index in [9.17, 15) is 9.50 Å². The van der Waals surface area contributed by atoms with Crippen LogP contribution in [0.3, 0.4) is 0 Å². The van der Waals surface area contributed by atoms with Crippen LogP contribution in [0.15, 0.2) is 47.1 Å². The lowest BCUT2D eigenvalue weighted by molar-refractivity contribution is 0.0241. The van der Waals surface area contributed by atoms with Crippen molar-refractivity contribution in [1.29, 1.82) is 0 Å². The van der Waals surface area contributed by atoms with Crippen LogP contribution in [0, 0.1) is 5.82 Å². The third-order valence-electron chi connectivity index (χ3n) is 4.79. The first-order valence-corrected chi connectivity index (χ1v) is 9.72. The molecule has 28 heavy (non-hydrogen) atoms. The van der Waals surface area contributed by atoms with Crippen molar-refractivity contribution in [1.82, 2.24) is 19.5 Å². The molecule has 4 aromatic rings. The lowest BCUT2D eigenvalue weighted by atomic mass is 10.0. The van der Waals surface area contributed by atoms with E-state index in [4.69, 9.17) is 9.15 Å². The highest BCUT2D eigenvalue weighted by molar-refractivity contribution is 7.17. The van der Waals surface area contributed by atoms with Crippen molar-refractivity contribution in [2.45, 2.75) is 6.04 Å². The van der Waals surface area contributed by atoms with E-state index in [0.717, 1.165) is 10.4 Å². The zero-order valence-electron chi connectivity index (χ0n) is 14.8. The molecular weight excluding hydrogens is 383 g/mol. The van der Waals surface area contributed by atoms with Crippen molar-refractivity contribution >= 4 is 16.3 Å². The summed E-state index contributed by atoms with van der Waals surface area (Å²) < 4.78 is 25.7. The van der Waals surface area contributed by atoms with Gasteiger partial charge in [0.05, 0.1) is 30.4 Å². The van der Waals surface area contributed by atoms with E-state index in [0.29, 0.717) is 42.8 Å². The van der Waals surface area contributed by atoms with Crippen LogP contribution in [-0.4, -0.2) is 50.9 Å². The Labute approximate surface area is 163 Å². The molecule has 0 amide bonds. The van der Waals surface area contributed by atoms with Gasteiger partial charge in [-0.3, -0.25) is 4.90 Å². The fourth-order valence-corrected chi connectivity index (χ4v) is 4.56. The van der Waals surface area contributed by atoms with Crippen LogP contribution >= 0.6 is 11.3 Å². The topological polar surface area (TPSA) is 76.0 Å². The lowest BCUT2D eigenvalue weighted by Crippen LogP contribution is -2.39. The van der Waals surface area contributed by atoms with Gasteiger partial charge in [-0.1, -0.05) is 23.5 Å². The molecule has 9 heteroatoms. The van der Waals surface area contributed by atoms with Crippen LogP contribution in [0.2, 0.25) is 0 Å². The first-order valence-electron chi connectivity index (χ1n) is 8.90. The summed E-state index contributed by atoms with van der Waals surface area (Å²) in [4.78, 5) is 7.99. The number of benzene rings is 1. The molecule has 0 saturated carbocycles. The number of fused-ring (bicyclic) bond motifs is 1. The average Bonchev–Trinajstić information content (AvgIpc) is 3.43. The molecule has 1 aromatic carbocycles. The Balaban J connectivity index is 1.59. The Bertz CT molecular complexity index is 1080. The van der Waals surface area contributed by atoms with Gasteiger partial charge in [-0.05, 0) is 29.8 Å². The van der Waals surface area contributed by atoms with Crippen LogP contribution in [0.1, 0.15) is 16.5 Å². The normalized spacial score (nSPS) is 16.6. The predicted octanol–water partition coefficient (Wildman–Crippen LogP) is 3.32. The van der Waals surface area contributed by atoms with Gasteiger partial charge in [0.2, 0.25) is 16.7 Å². The van der Waals surface area contributed by atoms with Gasteiger partial charge >= 0.3 is 0 Å². The molecule has 1 aliphatic heterocycles. The van der Waals surface area contributed by atoms with Gasteiger partial charge in [0, 0.05) is 13.1 Å². The summed E-state index contributed by atoms with van der Waals surface area (Å²) in [6, 6.07) is 9.67. The molecule has 1 atom stereocenters. The molecule has 0 aliphatic carbocycles. The molecule has 1 N–H and O–H groups in total. The Kier molecular flexibility index (Phi) is 4.34. The van der Waals surface area contributed by atoms with E-state index in [1.54, 1.807) is 30.5 Å². The molecule has 0 unspecified atom stereocenters. The van der Waals surface area contributed by atoms with Crippen LogP contribution in [0.5, 0.6) is 5.88 Å². The van der Waals surface area contributed by atoms with Crippen molar-refractivity contribution in [3.63, 3.8) is 0 Å². The summed E-state index contributed by atoms with van der Waals surface area (Å²) in [5, 5.41) is 15.3. The summed E-state index contributed by atoms with van der Waals surface area (Å²) in [5.41, 5.74) is 0.898. The van der Waals surface area contributed by atoms with Crippen molar-refractivity contribution < 1.29 is 18.7 Å².